The number of carboxylic acids is 1. The molecule has 0 aromatic heterocycles. The van der Waals surface area contributed by atoms with E-state index in [1.807, 2.05) is 13.8 Å². The molecule has 0 heterocycles. The van der Waals surface area contributed by atoms with Crippen LogP contribution in [0.25, 0.3) is 0 Å². The molecule has 1 amide bonds. The largest absolute Gasteiger partial charge is 0.481 e. The molecule has 0 rings (SSSR count). The molecule has 0 aliphatic carbocycles. The standard InChI is InChI=1S/C11H22N2O3/c1-3-8(2)10(12)11(16)13-7-5-4-6-9(14)15/h8,10H,3-7,12H2,1-2H3,(H,13,16)(H,14,15)/t8?,10-/m0/s1. The zero-order valence-electron chi connectivity index (χ0n) is 10.0. The maximum absolute atomic E-state index is 11.5. The average molecular weight is 230 g/mol. The first kappa shape index (κ1) is 14.9. The molecule has 5 heteroatoms. The summed E-state index contributed by atoms with van der Waals surface area (Å²) in [6.07, 6.45) is 2.26. The highest BCUT2D eigenvalue weighted by atomic mass is 16.4. The van der Waals surface area contributed by atoms with Gasteiger partial charge in [0.2, 0.25) is 5.91 Å². The molecular weight excluding hydrogens is 208 g/mol. The minimum absolute atomic E-state index is 0.146. The minimum Gasteiger partial charge on any atom is -0.481 e. The Morgan fingerprint density at radius 3 is 2.50 bits per heavy atom. The molecule has 4 N–H and O–H groups in total. The van der Waals surface area contributed by atoms with Gasteiger partial charge in [0.15, 0.2) is 0 Å². The van der Waals surface area contributed by atoms with Crippen LogP contribution in [0.4, 0.5) is 0 Å². The first-order chi connectivity index (χ1) is 7.49. The van der Waals surface area contributed by atoms with Crippen LogP contribution < -0.4 is 11.1 Å². The molecular formula is C11H22N2O3. The first-order valence-corrected chi connectivity index (χ1v) is 5.74. The second-order valence-electron chi connectivity index (χ2n) is 4.05. The van der Waals surface area contributed by atoms with Crippen LogP contribution in [0.3, 0.4) is 0 Å². The molecule has 94 valence electrons. The molecule has 0 aliphatic rings. The van der Waals surface area contributed by atoms with Crippen LogP contribution in [0.2, 0.25) is 0 Å². The smallest absolute Gasteiger partial charge is 0.303 e. The summed E-state index contributed by atoms with van der Waals surface area (Å²) < 4.78 is 0. The highest BCUT2D eigenvalue weighted by Gasteiger charge is 2.18. The molecule has 2 atom stereocenters. The fourth-order valence-corrected chi connectivity index (χ4v) is 1.24. The fraction of sp³-hybridized carbons (Fsp3) is 0.818. The number of hydrogen-bond donors (Lipinski definition) is 3. The third kappa shape index (κ3) is 6.40. The molecule has 0 aromatic rings. The second kappa shape index (κ2) is 8.10. The van der Waals surface area contributed by atoms with Crippen LogP contribution in [-0.4, -0.2) is 29.6 Å². The van der Waals surface area contributed by atoms with E-state index in [9.17, 15) is 9.59 Å². The van der Waals surface area contributed by atoms with Crippen molar-refractivity contribution in [2.24, 2.45) is 11.7 Å². The Morgan fingerprint density at radius 1 is 1.38 bits per heavy atom. The summed E-state index contributed by atoms with van der Waals surface area (Å²) in [5, 5.41) is 11.1. The molecule has 0 radical (unpaired) electrons. The van der Waals surface area contributed by atoms with Crippen molar-refractivity contribution in [1.29, 1.82) is 0 Å². The van der Waals surface area contributed by atoms with Crippen LogP contribution >= 0.6 is 0 Å². The third-order valence-electron chi connectivity index (χ3n) is 2.68. The average Bonchev–Trinajstić information content (AvgIpc) is 2.25. The van der Waals surface area contributed by atoms with Crippen molar-refractivity contribution in [1.82, 2.24) is 5.32 Å². The van der Waals surface area contributed by atoms with Gasteiger partial charge in [0.05, 0.1) is 6.04 Å². The SMILES string of the molecule is CCC(C)[C@H](N)C(=O)NCCCCC(=O)O. The van der Waals surface area contributed by atoms with Crippen molar-refractivity contribution in [2.75, 3.05) is 6.54 Å². The number of aliphatic carboxylic acids is 1. The summed E-state index contributed by atoms with van der Waals surface area (Å²) in [5.41, 5.74) is 5.73. The maximum atomic E-state index is 11.5. The van der Waals surface area contributed by atoms with Crippen molar-refractivity contribution in [2.45, 2.75) is 45.6 Å². The Labute approximate surface area is 96.4 Å². The van der Waals surface area contributed by atoms with Gasteiger partial charge in [-0.25, -0.2) is 0 Å². The molecule has 0 aromatic carbocycles. The normalized spacial score (nSPS) is 14.2. The number of carbonyl (C=O) groups excluding carboxylic acids is 1. The second-order valence-corrected chi connectivity index (χ2v) is 4.05. The van der Waals surface area contributed by atoms with Crippen LogP contribution in [0.1, 0.15) is 39.5 Å². The Hall–Kier alpha value is -1.10. The fourth-order valence-electron chi connectivity index (χ4n) is 1.24. The molecule has 1 unspecified atom stereocenters. The summed E-state index contributed by atoms with van der Waals surface area (Å²) >= 11 is 0. The van der Waals surface area contributed by atoms with Gasteiger partial charge in [-0.1, -0.05) is 20.3 Å². The number of hydrogen-bond acceptors (Lipinski definition) is 3. The zero-order valence-corrected chi connectivity index (χ0v) is 10.0. The minimum atomic E-state index is -0.803. The number of nitrogens with two attached hydrogens (primary N) is 1. The lowest BCUT2D eigenvalue weighted by Gasteiger charge is -2.17. The number of rotatable bonds is 8. The quantitative estimate of drug-likeness (QED) is 0.536. The molecule has 0 fully saturated rings. The van der Waals surface area contributed by atoms with Crippen molar-refractivity contribution in [3.63, 3.8) is 0 Å². The van der Waals surface area contributed by atoms with E-state index in [0.717, 1.165) is 6.42 Å². The van der Waals surface area contributed by atoms with Gasteiger partial charge in [0, 0.05) is 13.0 Å². The summed E-state index contributed by atoms with van der Waals surface area (Å²) in [7, 11) is 0. The molecule has 0 saturated carbocycles. The van der Waals surface area contributed by atoms with Crippen molar-refractivity contribution >= 4 is 11.9 Å². The lowest BCUT2D eigenvalue weighted by atomic mass is 9.99. The molecule has 5 nitrogen and oxygen atoms in total. The van der Waals surface area contributed by atoms with Gasteiger partial charge in [-0.2, -0.15) is 0 Å². The van der Waals surface area contributed by atoms with Crippen LogP contribution in [0.5, 0.6) is 0 Å². The number of amides is 1. The van der Waals surface area contributed by atoms with Gasteiger partial charge in [-0.3, -0.25) is 9.59 Å². The topological polar surface area (TPSA) is 92.4 Å². The van der Waals surface area contributed by atoms with Crippen LogP contribution in [0.15, 0.2) is 0 Å². The Morgan fingerprint density at radius 2 is 2.00 bits per heavy atom. The summed E-state index contributed by atoms with van der Waals surface area (Å²) in [4.78, 5) is 21.7. The van der Waals surface area contributed by atoms with E-state index in [0.29, 0.717) is 19.4 Å². The van der Waals surface area contributed by atoms with Crippen molar-refractivity contribution < 1.29 is 14.7 Å². The summed E-state index contributed by atoms with van der Waals surface area (Å²) in [6.45, 7) is 4.43. The Bertz CT molecular complexity index is 231. The van der Waals surface area contributed by atoms with Gasteiger partial charge in [-0.05, 0) is 18.8 Å². The van der Waals surface area contributed by atoms with E-state index in [1.54, 1.807) is 0 Å². The van der Waals surface area contributed by atoms with Gasteiger partial charge >= 0.3 is 5.97 Å². The monoisotopic (exact) mass is 230 g/mol. The molecule has 0 aliphatic heterocycles. The predicted molar refractivity (Wildman–Crippen MR) is 61.9 cm³/mol. The highest BCUT2D eigenvalue weighted by Crippen LogP contribution is 2.05. The summed E-state index contributed by atoms with van der Waals surface area (Å²) in [5.74, 6) is -0.786. The van der Waals surface area contributed by atoms with Gasteiger partial charge in [0.1, 0.15) is 0 Å². The lowest BCUT2D eigenvalue weighted by molar-refractivity contribution is -0.137. The van der Waals surface area contributed by atoms with Gasteiger partial charge in [0.25, 0.3) is 0 Å². The third-order valence-corrected chi connectivity index (χ3v) is 2.68. The van der Waals surface area contributed by atoms with Gasteiger partial charge < -0.3 is 16.2 Å². The van der Waals surface area contributed by atoms with Crippen LogP contribution in [0, 0.1) is 5.92 Å². The van der Waals surface area contributed by atoms with E-state index < -0.39 is 12.0 Å². The summed E-state index contributed by atoms with van der Waals surface area (Å²) in [6, 6.07) is -0.468. The Kier molecular flexibility index (Phi) is 7.54. The van der Waals surface area contributed by atoms with Crippen LogP contribution in [-0.2, 0) is 9.59 Å². The maximum Gasteiger partial charge on any atom is 0.303 e. The number of nitrogens with one attached hydrogen (secondary N) is 1. The van der Waals surface area contributed by atoms with E-state index in [-0.39, 0.29) is 18.2 Å². The van der Waals surface area contributed by atoms with E-state index in [2.05, 4.69) is 5.32 Å². The highest BCUT2D eigenvalue weighted by molar-refractivity contribution is 5.81. The van der Waals surface area contributed by atoms with Gasteiger partial charge in [-0.15, -0.1) is 0 Å². The molecule has 0 bridgehead atoms. The van der Waals surface area contributed by atoms with Crippen molar-refractivity contribution in [3.05, 3.63) is 0 Å². The molecule has 16 heavy (non-hydrogen) atoms. The zero-order chi connectivity index (χ0) is 12.6. The number of unbranched alkanes of at least 4 members (excludes halogenated alkanes) is 1. The number of carboxylic acid groups (broad SMARTS) is 1. The van der Waals surface area contributed by atoms with Crippen molar-refractivity contribution in [3.8, 4) is 0 Å². The molecule has 0 spiro atoms. The molecule has 0 saturated heterocycles. The van der Waals surface area contributed by atoms with E-state index in [4.69, 9.17) is 10.8 Å². The number of carbonyl (C=O) groups is 2. The predicted octanol–water partition coefficient (Wildman–Crippen LogP) is 0.731. The Balaban J connectivity index is 3.61. The van der Waals surface area contributed by atoms with E-state index in [1.165, 1.54) is 0 Å². The first-order valence-electron chi connectivity index (χ1n) is 5.74. The lowest BCUT2D eigenvalue weighted by Crippen LogP contribution is -2.44. The van der Waals surface area contributed by atoms with E-state index >= 15 is 0 Å².